The van der Waals surface area contributed by atoms with Crippen LogP contribution >= 0.6 is 0 Å². The van der Waals surface area contributed by atoms with E-state index in [2.05, 4.69) is 14.5 Å². The average Bonchev–Trinajstić information content (AvgIpc) is 3.10. The Morgan fingerprint density at radius 3 is 2.59 bits per heavy atom. The number of carbonyl (C=O) groups excluding carboxylic acids is 2. The highest BCUT2D eigenvalue weighted by Gasteiger charge is 2.42. The molecule has 1 spiro atoms. The summed E-state index contributed by atoms with van der Waals surface area (Å²) in [7, 11) is 1.40. The van der Waals surface area contributed by atoms with Gasteiger partial charge in [-0.25, -0.2) is 0 Å². The third-order valence-electron chi connectivity index (χ3n) is 7.11. The molecule has 3 aliphatic rings. The molecule has 2 heterocycles. The molecule has 3 rings (SSSR count). The molecule has 5 nitrogen and oxygen atoms in total. The summed E-state index contributed by atoms with van der Waals surface area (Å²) in [5.41, 5.74) is 0.322. The summed E-state index contributed by atoms with van der Waals surface area (Å²) in [5.74, 6) is 0.949. The largest absolute Gasteiger partial charge is 0.469 e. The van der Waals surface area contributed by atoms with Gasteiger partial charge in [0.15, 0.2) is 0 Å². The van der Waals surface area contributed by atoms with Gasteiger partial charge in [-0.1, -0.05) is 32.1 Å². The number of hydrogen-bond acceptors (Lipinski definition) is 4. The van der Waals surface area contributed by atoms with E-state index < -0.39 is 0 Å². The molecule has 0 N–H and O–H groups in total. The van der Waals surface area contributed by atoms with E-state index in [0.717, 1.165) is 25.4 Å². The van der Waals surface area contributed by atoms with Crippen molar-refractivity contribution in [2.45, 2.75) is 77.0 Å². The SMILES string of the molecule is COC(=O)CCCC(=O)N1CCC2(CCCN(CCC3CCCCC3)C2)C1. The lowest BCUT2D eigenvalue weighted by Gasteiger charge is -2.41. The number of methoxy groups -OCH3 is 1. The van der Waals surface area contributed by atoms with E-state index in [0.29, 0.717) is 24.7 Å². The third-order valence-corrected chi connectivity index (χ3v) is 7.11. The molecule has 1 aliphatic carbocycles. The van der Waals surface area contributed by atoms with E-state index in [4.69, 9.17) is 0 Å². The number of ether oxygens (including phenoxy) is 1. The lowest BCUT2D eigenvalue weighted by molar-refractivity contribution is -0.140. The minimum atomic E-state index is -0.221. The van der Waals surface area contributed by atoms with Gasteiger partial charge in [0.1, 0.15) is 0 Å². The number of likely N-dealkylation sites (tertiary alicyclic amines) is 2. The molecule has 154 valence electrons. The Hall–Kier alpha value is -1.10. The summed E-state index contributed by atoms with van der Waals surface area (Å²) >= 11 is 0. The van der Waals surface area contributed by atoms with Crippen LogP contribution < -0.4 is 0 Å². The molecular formula is C22H38N2O3. The van der Waals surface area contributed by atoms with E-state index >= 15 is 0 Å². The van der Waals surface area contributed by atoms with Gasteiger partial charge in [-0.15, -0.1) is 0 Å². The maximum Gasteiger partial charge on any atom is 0.305 e. The first kappa shape index (κ1) is 20.6. The Labute approximate surface area is 164 Å². The molecule has 27 heavy (non-hydrogen) atoms. The molecule has 0 radical (unpaired) electrons. The van der Waals surface area contributed by atoms with Gasteiger partial charge in [0.25, 0.3) is 0 Å². The standard InChI is InChI=1S/C22H38N2O3/c1-27-21(26)10-5-9-20(25)24-16-13-22(18-24)12-6-14-23(17-22)15-11-19-7-3-2-4-8-19/h19H,2-18H2,1H3. The summed E-state index contributed by atoms with van der Waals surface area (Å²) in [5, 5.41) is 0. The van der Waals surface area contributed by atoms with Crippen molar-refractivity contribution in [3.8, 4) is 0 Å². The molecule has 1 amide bonds. The van der Waals surface area contributed by atoms with Gasteiger partial charge < -0.3 is 14.5 Å². The zero-order valence-electron chi connectivity index (χ0n) is 17.2. The number of piperidine rings is 1. The Bertz CT molecular complexity index is 504. The average molecular weight is 379 g/mol. The summed E-state index contributed by atoms with van der Waals surface area (Å²) in [6, 6.07) is 0. The molecule has 1 atom stereocenters. The second kappa shape index (κ2) is 9.90. The Morgan fingerprint density at radius 1 is 1.00 bits per heavy atom. The van der Waals surface area contributed by atoms with Crippen LogP contribution in [0.25, 0.3) is 0 Å². The number of amides is 1. The Morgan fingerprint density at radius 2 is 1.81 bits per heavy atom. The predicted octanol–water partition coefficient (Wildman–Crippen LogP) is 3.61. The number of carbonyl (C=O) groups is 2. The van der Waals surface area contributed by atoms with Gasteiger partial charge in [-0.3, -0.25) is 9.59 Å². The molecule has 2 saturated heterocycles. The van der Waals surface area contributed by atoms with Crippen molar-refractivity contribution >= 4 is 11.9 Å². The van der Waals surface area contributed by atoms with Gasteiger partial charge in [-0.2, -0.15) is 0 Å². The highest BCUT2D eigenvalue weighted by Crippen LogP contribution is 2.39. The summed E-state index contributed by atoms with van der Waals surface area (Å²) in [4.78, 5) is 28.5. The molecule has 5 heteroatoms. The fourth-order valence-corrected chi connectivity index (χ4v) is 5.47. The van der Waals surface area contributed by atoms with Crippen LogP contribution in [0.5, 0.6) is 0 Å². The fraction of sp³-hybridized carbons (Fsp3) is 0.909. The molecule has 0 aromatic rings. The van der Waals surface area contributed by atoms with Crippen molar-refractivity contribution in [3.63, 3.8) is 0 Å². The number of hydrogen-bond donors (Lipinski definition) is 0. The van der Waals surface area contributed by atoms with Crippen molar-refractivity contribution in [1.82, 2.24) is 9.80 Å². The molecule has 3 fully saturated rings. The first-order valence-corrected chi connectivity index (χ1v) is 11.2. The zero-order valence-corrected chi connectivity index (χ0v) is 17.2. The first-order chi connectivity index (χ1) is 13.1. The number of esters is 1. The molecule has 0 bridgehead atoms. The monoisotopic (exact) mass is 378 g/mol. The van der Waals surface area contributed by atoms with Crippen molar-refractivity contribution in [1.29, 1.82) is 0 Å². The molecule has 0 aromatic heterocycles. The summed E-state index contributed by atoms with van der Waals surface area (Å²) in [6.07, 6.45) is 13.6. The molecule has 1 saturated carbocycles. The van der Waals surface area contributed by atoms with Crippen molar-refractivity contribution in [2.24, 2.45) is 11.3 Å². The van der Waals surface area contributed by atoms with Crippen LogP contribution in [-0.2, 0) is 14.3 Å². The van der Waals surface area contributed by atoms with Gasteiger partial charge in [0.2, 0.25) is 5.91 Å². The van der Waals surface area contributed by atoms with Crippen molar-refractivity contribution in [3.05, 3.63) is 0 Å². The van der Waals surface area contributed by atoms with Gasteiger partial charge in [-0.05, 0) is 51.1 Å². The summed E-state index contributed by atoms with van der Waals surface area (Å²) < 4.78 is 4.66. The van der Waals surface area contributed by atoms with Crippen LogP contribution in [-0.4, -0.2) is 61.5 Å². The van der Waals surface area contributed by atoms with Gasteiger partial charge in [0.05, 0.1) is 7.11 Å². The number of nitrogens with zero attached hydrogens (tertiary/aromatic N) is 2. The van der Waals surface area contributed by atoms with Crippen LogP contribution in [0.2, 0.25) is 0 Å². The van der Waals surface area contributed by atoms with E-state index in [1.165, 1.54) is 78.1 Å². The quantitative estimate of drug-likeness (QED) is 0.635. The lowest BCUT2D eigenvalue weighted by Crippen LogP contribution is -2.45. The first-order valence-electron chi connectivity index (χ1n) is 11.2. The van der Waals surface area contributed by atoms with Gasteiger partial charge >= 0.3 is 5.97 Å². The second-order valence-electron chi connectivity index (χ2n) is 9.17. The highest BCUT2D eigenvalue weighted by molar-refractivity contribution is 5.77. The maximum absolute atomic E-state index is 12.5. The van der Waals surface area contributed by atoms with Crippen LogP contribution in [0.1, 0.15) is 77.0 Å². The minimum Gasteiger partial charge on any atom is -0.469 e. The van der Waals surface area contributed by atoms with E-state index in [1.807, 2.05) is 0 Å². The molecule has 0 aromatic carbocycles. The number of rotatable bonds is 7. The van der Waals surface area contributed by atoms with Gasteiger partial charge in [0, 0.05) is 37.9 Å². The van der Waals surface area contributed by atoms with E-state index in [9.17, 15) is 9.59 Å². The second-order valence-corrected chi connectivity index (χ2v) is 9.17. The van der Waals surface area contributed by atoms with E-state index in [-0.39, 0.29) is 11.9 Å². The van der Waals surface area contributed by atoms with Crippen LogP contribution in [0.4, 0.5) is 0 Å². The lowest BCUT2D eigenvalue weighted by atomic mass is 9.79. The van der Waals surface area contributed by atoms with Crippen LogP contribution in [0.15, 0.2) is 0 Å². The van der Waals surface area contributed by atoms with E-state index in [1.54, 1.807) is 0 Å². The normalized spacial score (nSPS) is 27.2. The van der Waals surface area contributed by atoms with Crippen molar-refractivity contribution in [2.75, 3.05) is 39.8 Å². The topological polar surface area (TPSA) is 49.9 Å². The fourth-order valence-electron chi connectivity index (χ4n) is 5.47. The third kappa shape index (κ3) is 5.94. The Balaban J connectivity index is 1.41. The molecule has 2 aliphatic heterocycles. The predicted molar refractivity (Wildman–Crippen MR) is 106 cm³/mol. The molecular weight excluding hydrogens is 340 g/mol. The zero-order chi connectivity index (χ0) is 19.1. The minimum absolute atomic E-state index is 0.218. The highest BCUT2D eigenvalue weighted by atomic mass is 16.5. The maximum atomic E-state index is 12.5. The summed E-state index contributed by atoms with van der Waals surface area (Å²) in [6.45, 7) is 5.48. The van der Waals surface area contributed by atoms with Crippen molar-refractivity contribution < 1.29 is 14.3 Å². The van der Waals surface area contributed by atoms with Crippen LogP contribution in [0, 0.1) is 11.3 Å². The smallest absolute Gasteiger partial charge is 0.305 e. The molecule has 1 unspecified atom stereocenters. The van der Waals surface area contributed by atoms with Crippen LogP contribution in [0.3, 0.4) is 0 Å². The Kier molecular flexibility index (Phi) is 7.57.